The summed E-state index contributed by atoms with van der Waals surface area (Å²) in [6, 6.07) is 2.14. The van der Waals surface area contributed by atoms with Gasteiger partial charge in [0.05, 0.1) is 29.3 Å². The lowest BCUT2D eigenvalue weighted by molar-refractivity contribution is -0.129. The van der Waals surface area contributed by atoms with Gasteiger partial charge in [-0.25, -0.2) is 13.2 Å². The van der Waals surface area contributed by atoms with Crippen molar-refractivity contribution < 1.29 is 27.9 Å². The van der Waals surface area contributed by atoms with Crippen LogP contribution < -0.4 is 10.6 Å². The molecule has 4 rings (SSSR count). The lowest BCUT2D eigenvalue weighted by Gasteiger charge is -2.37. The van der Waals surface area contributed by atoms with Gasteiger partial charge in [0.15, 0.2) is 0 Å². The number of benzene rings is 1. The SMILES string of the molecule is CC(C)(C#N)C(=O)NC1C[C@@H](C(=O)NC(c2c(F)ccc(Cl)c2F)C23CCC(F)(CC2)C3)CC1O. The number of hydrogen-bond donors (Lipinski definition) is 3. The number of carbonyl (C=O) groups excluding carboxylic acids is 2. The second kappa shape index (κ2) is 8.97. The molecule has 1 aromatic rings. The molecule has 3 aliphatic carbocycles. The Labute approximate surface area is 207 Å². The van der Waals surface area contributed by atoms with Gasteiger partial charge in [-0.05, 0) is 76.3 Å². The first-order chi connectivity index (χ1) is 16.3. The van der Waals surface area contributed by atoms with Gasteiger partial charge < -0.3 is 15.7 Å². The highest BCUT2D eigenvalue weighted by molar-refractivity contribution is 6.30. The Morgan fingerprint density at radius 3 is 2.46 bits per heavy atom. The number of amides is 2. The van der Waals surface area contributed by atoms with Crippen molar-refractivity contribution >= 4 is 23.4 Å². The van der Waals surface area contributed by atoms with Gasteiger partial charge in [0.1, 0.15) is 22.7 Å². The van der Waals surface area contributed by atoms with Crippen molar-refractivity contribution in [3.05, 3.63) is 34.4 Å². The van der Waals surface area contributed by atoms with Crippen molar-refractivity contribution in [1.82, 2.24) is 10.6 Å². The second-order valence-electron chi connectivity index (χ2n) is 10.9. The van der Waals surface area contributed by atoms with Crippen LogP contribution >= 0.6 is 11.6 Å². The second-order valence-corrected chi connectivity index (χ2v) is 11.3. The molecule has 35 heavy (non-hydrogen) atoms. The molecule has 3 N–H and O–H groups in total. The summed E-state index contributed by atoms with van der Waals surface area (Å²) in [6.07, 6.45) is 0.430. The molecule has 0 radical (unpaired) electrons. The summed E-state index contributed by atoms with van der Waals surface area (Å²) in [5, 5.41) is 24.7. The van der Waals surface area contributed by atoms with Crippen LogP contribution in [0.2, 0.25) is 5.02 Å². The van der Waals surface area contributed by atoms with Crippen LogP contribution in [0, 0.1) is 39.7 Å². The summed E-state index contributed by atoms with van der Waals surface area (Å²) >= 11 is 5.94. The largest absolute Gasteiger partial charge is 0.391 e. The highest BCUT2D eigenvalue weighted by Gasteiger charge is 2.59. The van der Waals surface area contributed by atoms with Crippen LogP contribution in [-0.4, -0.2) is 34.7 Å². The molecular formula is C25H29ClF3N3O3. The Balaban J connectivity index is 1.57. The summed E-state index contributed by atoms with van der Waals surface area (Å²) < 4.78 is 45.1. The Hall–Kier alpha value is -2.31. The Kier molecular flexibility index (Phi) is 6.60. The van der Waals surface area contributed by atoms with Crippen LogP contribution in [0.25, 0.3) is 0 Å². The van der Waals surface area contributed by atoms with Crippen molar-refractivity contribution in [3.63, 3.8) is 0 Å². The van der Waals surface area contributed by atoms with Crippen LogP contribution in [0.15, 0.2) is 12.1 Å². The molecule has 2 bridgehead atoms. The highest BCUT2D eigenvalue weighted by Crippen LogP contribution is 2.63. The first kappa shape index (κ1) is 25.8. The van der Waals surface area contributed by atoms with Crippen LogP contribution in [0.3, 0.4) is 0 Å². The van der Waals surface area contributed by atoms with Gasteiger partial charge in [0, 0.05) is 11.5 Å². The number of carbonyl (C=O) groups is 2. The minimum atomic E-state index is -1.42. The number of nitrogens with zero attached hydrogens (tertiary/aromatic N) is 1. The quantitative estimate of drug-likeness (QED) is 0.497. The molecule has 10 heteroatoms. The van der Waals surface area contributed by atoms with E-state index in [1.165, 1.54) is 13.8 Å². The molecular weight excluding hydrogens is 483 g/mol. The summed E-state index contributed by atoms with van der Waals surface area (Å²) in [7, 11) is 0. The number of alkyl halides is 1. The third-order valence-corrected chi connectivity index (χ3v) is 8.43. The molecule has 0 heterocycles. The predicted octanol–water partition coefficient (Wildman–Crippen LogP) is 4.25. The summed E-state index contributed by atoms with van der Waals surface area (Å²) in [5.41, 5.74) is -3.95. The first-order valence-electron chi connectivity index (χ1n) is 11.8. The van der Waals surface area contributed by atoms with E-state index >= 15 is 8.78 Å². The van der Waals surface area contributed by atoms with Crippen molar-refractivity contribution in [1.29, 1.82) is 5.26 Å². The normalized spacial score (nSPS) is 32.8. The third-order valence-electron chi connectivity index (χ3n) is 8.14. The minimum absolute atomic E-state index is 0.0248. The molecule has 3 saturated carbocycles. The van der Waals surface area contributed by atoms with Gasteiger partial charge in [-0.2, -0.15) is 5.26 Å². The van der Waals surface area contributed by atoms with Gasteiger partial charge in [-0.15, -0.1) is 0 Å². The Morgan fingerprint density at radius 1 is 1.23 bits per heavy atom. The smallest absolute Gasteiger partial charge is 0.240 e. The van der Waals surface area contributed by atoms with E-state index in [1.54, 1.807) is 0 Å². The van der Waals surface area contributed by atoms with Crippen molar-refractivity contribution in [2.24, 2.45) is 16.7 Å². The average Bonchev–Trinajstić information content (AvgIpc) is 3.46. The summed E-state index contributed by atoms with van der Waals surface area (Å²) in [5.74, 6) is -3.71. The van der Waals surface area contributed by atoms with E-state index in [0.717, 1.165) is 12.1 Å². The minimum Gasteiger partial charge on any atom is -0.391 e. The number of halogens is 4. The zero-order valence-electron chi connectivity index (χ0n) is 19.6. The zero-order valence-corrected chi connectivity index (χ0v) is 20.4. The molecule has 3 aliphatic rings. The summed E-state index contributed by atoms with van der Waals surface area (Å²) in [4.78, 5) is 25.7. The van der Waals surface area contributed by atoms with Gasteiger partial charge in [-0.1, -0.05) is 11.6 Å². The van der Waals surface area contributed by atoms with Gasteiger partial charge in [0.25, 0.3) is 0 Å². The van der Waals surface area contributed by atoms with Crippen molar-refractivity contribution in [3.8, 4) is 6.07 Å². The fraction of sp³-hybridized carbons (Fsp3) is 0.640. The zero-order chi connectivity index (χ0) is 25.8. The van der Waals surface area contributed by atoms with E-state index in [2.05, 4.69) is 10.6 Å². The highest BCUT2D eigenvalue weighted by atomic mass is 35.5. The van der Waals surface area contributed by atoms with Crippen molar-refractivity contribution in [2.45, 2.75) is 82.6 Å². The number of nitrogens with one attached hydrogen (secondary N) is 2. The van der Waals surface area contributed by atoms with E-state index in [-0.39, 0.29) is 42.7 Å². The van der Waals surface area contributed by atoms with E-state index < -0.39 is 64.1 Å². The lowest BCUT2D eigenvalue weighted by Crippen LogP contribution is -2.46. The maximum atomic E-state index is 15.1. The molecule has 6 nitrogen and oxygen atoms in total. The fourth-order valence-electron chi connectivity index (χ4n) is 5.95. The molecule has 0 aliphatic heterocycles. The van der Waals surface area contributed by atoms with E-state index in [9.17, 15) is 19.1 Å². The van der Waals surface area contributed by atoms with Gasteiger partial charge in [0.2, 0.25) is 11.8 Å². The fourth-order valence-corrected chi connectivity index (χ4v) is 6.12. The number of aliphatic hydroxyl groups excluding tert-OH is 1. The van der Waals surface area contributed by atoms with Crippen LogP contribution in [0.4, 0.5) is 13.2 Å². The average molecular weight is 512 g/mol. The number of fused-ring (bicyclic) bond motifs is 2. The van der Waals surface area contributed by atoms with Gasteiger partial charge in [-0.3, -0.25) is 9.59 Å². The molecule has 3 unspecified atom stereocenters. The molecule has 3 fully saturated rings. The monoisotopic (exact) mass is 511 g/mol. The maximum absolute atomic E-state index is 15.1. The molecule has 0 saturated heterocycles. The molecule has 0 spiro atoms. The number of aliphatic hydroxyl groups is 1. The Bertz CT molecular complexity index is 1080. The number of rotatable bonds is 6. The third kappa shape index (κ3) is 4.63. The predicted molar refractivity (Wildman–Crippen MR) is 122 cm³/mol. The Morgan fingerprint density at radius 2 is 1.89 bits per heavy atom. The molecule has 2 amide bonds. The van der Waals surface area contributed by atoms with E-state index in [1.807, 2.05) is 6.07 Å². The number of hydrogen-bond acceptors (Lipinski definition) is 4. The first-order valence-corrected chi connectivity index (χ1v) is 12.2. The standard InChI is InChI=1S/C25H29ClF3N3O3/c1-23(2,12-30)22(35)31-16-9-13(10-17(16)33)21(34)32-20(18-15(27)4-3-14(26)19(18)28)24-5-7-25(29,11-24)8-6-24/h3-4,13,16-17,20,33H,5-11H2,1-2H3,(H,31,35)(H,32,34)/t13-,16?,17?,20?,24?,25?/m1/s1. The summed E-state index contributed by atoms with van der Waals surface area (Å²) in [6.45, 7) is 2.89. The molecule has 190 valence electrons. The van der Waals surface area contributed by atoms with Crippen LogP contribution in [0.1, 0.15) is 70.4 Å². The van der Waals surface area contributed by atoms with Crippen LogP contribution in [0.5, 0.6) is 0 Å². The number of nitriles is 1. The van der Waals surface area contributed by atoms with Crippen LogP contribution in [-0.2, 0) is 9.59 Å². The molecule has 1 aromatic carbocycles. The topological polar surface area (TPSA) is 102 Å². The van der Waals surface area contributed by atoms with E-state index in [4.69, 9.17) is 16.9 Å². The molecule has 0 aromatic heterocycles. The lowest BCUT2D eigenvalue weighted by atomic mass is 9.74. The van der Waals surface area contributed by atoms with Gasteiger partial charge >= 0.3 is 0 Å². The van der Waals surface area contributed by atoms with E-state index in [0.29, 0.717) is 12.8 Å². The molecule has 4 atom stereocenters. The van der Waals surface area contributed by atoms with Crippen molar-refractivity contribution in [2.75, 3.05) is 0 Å². The maximum Gasteiger partial charge on any atom is 0.240 e.